The monoisotopic (exact) mass is 358 g/mol. The summed E-state index contributed by atoms with van der Waals surface area (Å²) >= 11 is 0. The van der Waals surface area contributed by atoms with E-state index < -0.39 is 0 Å². The summed E-state index contributed by atoms with van der Waals surface area (Å²) in [6, 6.07) is 9.82. The Morgan fingerprint density at radius 3 is 3.00 bits per heavy atom. The molecule has 1 aromatic carbocycles. The molecular formula is C19H26N4O3. The predicted molar refractivity (Wildman–Crippen MR) is 98.3 cm³/mol. The van der Waals surface area contributed by atoms with Crippen LogP contribution in [0.1, 0.15) is 18.2 Å². The summed E-state index contributed by atoms with van der Waals surface area (Å²) in [6.45, 7) is 7.19. The van der Waals surface area contributed by atoms with Gasteiger partial charge in [-0.25, -0.2) is 9.48 Å². The second kappa shape index (κ2) is 8.82. The Kier molecular flexibility index (Phi) is 6.25. The lowest BCUT2D eigenvalue weighted by Crippen LogP contribution is -2.50. The maximum atomic E-state index is 12.5. The number of ether oxygens (including phenoxy) is 2. The topological polar surface area (TPSA) is 68.6 Å². The molecule has 0 bridgehead atoms. The minimum absolute atomic E-state index is 0.0613. The van der Waals surface area contributed by atoms with Crippen molar-refractivity contribution in [2.24, 2.45) is 0 Å². The number of morpholine rings is 1. The first-order valence-corrected chi connectivity index (χ1v) is 9.00. The molecule has 140 valence electrons. The molecule has 7 nitrogen and oxygen atoms in total. The van der Waals surface area contributed by atoms with Gasteiger partial charge in [-0.05, 0) is 31.5 Å². The van der Waals surface area contributed by atoms with E-state index in [0.717, 1.165) is 16.9 Å². The van der Waals surface area contributed by atoms with E-state index in [9.17, 15) is 4.79 Å². The molecule has 1 saturated heterocycles. The van der Waals surface area contributed by atoms with Crippen LogP contribution in [0.25, 0.3) is 5.69 Å². The van der Waals surface area contributed by atoms with Gasteiger partial charge in [0.05, 0.1) is 37.2 Å². The van der Waals surface area contributed by atoms with Gasteiger partial charge in [0.25, 0.3) is 0 Å². The fourth-order valence-electron chi connectivity index (χ4n) is 2.97. The summed E-state index contributed by atoms with van der Waals surface area (Å²) in [4.78, 5) is 14.3. The first-order valence-electron chi connectivity index (χ1n) is 9.00. The summed E-state index contributed by atoms with van der Waals surface area (Å²) in [5.74, 6) is 0. The minimum Gasteiger partial charge on any atom is -0.379 e. The number of hydrogen-bond acceptors (Lipinski definition) is 4. The zero-order valence-electron chi connectivity index (χ0n) is 15.4. The van der Waals surface area contributed by atoms with Gasteiger partial charge in [0.1, 0.15) is 0 Å². The van der Waals surface area contributed by atoms with E-state index in [0.29, 0.717) is 39.5 Å². The number of nitrogens with one attached hydrogen (secondary N) is 1. The molecule has 1 aromatic heterocycles. The minimum atomic E-state index is -0.0822. The highest BCUT2D eigenvalue weighted by Crippen LogP contribution is 2.14. The molecule has 2 amide bonds. The van der Waals surface area contributed by atoms with Crippen molar-refractivity contribution in [3.63, 3.8) is 0 Å². The molecule has 1 N–H and O–H groups in total. The summed E-state index contributed by atoms with van der Waals surface area (Å²) in [5.41, 5.74) is 2.94. The van der Waals surface area contributed by atoms with Crippen LogP contribution in [-0.2, 0) is 16.0 Å². The van der Waals surface area contributed by atoms with Crippen LogP contribution in [0.15, 0.2) is 36.5 Å². The fraction of sp³-hybridized carbons (Fsp3) is 0.474. The third-order valence-corrected chi connectivity index (χ3v) is 4.32. The number of aryl methyl sites for hydroxylation is 1. The first kappa shape index (κ1) is 18.4. The predicted octanol–water partition coefficient (Wildman–Crippen LogP) is 2.13. The lowest BCUT2D eigenvalue weighted by atomic mass is 10.2. The van der Waals surface area contributed by atoms with Gasteiger partial charge in [-0.2, -0.15) is 5.10 Å². The van der Waals surface area contributed by atoms with Crippen molar-refractivity contribution in [3.05, 3.63) is 47.8 Å². The maximum Gasteiger partial charge on any atom is 0.317 e. The normalized spacial score (nSPS) is 17.3. The van der Waals surface area contributed by atoms with Gasteiger partial charge in [-0.1, -0.05) is 18.2 Å². The highest BCUT2D eigenvalue weighted by molar-refractivity contribution is 5.74. The van der Waals surface area contributed by atoms with Crippen LogP contribution in [0, 0.1) is 6.92 Å². The zero-order chi connectivity index (χ0) is 18.4. The standard InChI is InChI=1S/C19H26N4O3/c1-3-25-14-17-13-22(10-11-26-17)19(24)20-12-16-6-4-5-7-18(16)23-9-8-15(2)21-23/h4-9,17H,3,10-14H2,1-2H3,(H,20,24). The van der Waals surface area contributed by atoms with Crippen LogP contribution in [0.5, 0.6) is 0 Å². The third kappa shape index (κ3) is 4.62. The van der Waals surface area contributed by atoms with Crippen molar-refractivity contribution in [1.82, 2.24) is 20.0 Å². The highest BCUT2D eigenvalue weighted by atomic mass is 16.5. The molecule has 1 aliphatic heterocycles. The number of carbonyl (C=O) groups is 1. The van der Waals surface area contributed by atoms with Crippen LogP contribution in [-0.4, -0.2) is 59.7 Å². The Bertz CT molecular complexity index is 731. The van der Waals surface area contributed by atoms with Crippen molar-refractivity contribution >= 4 is 6.03 Å². The van der Waals surface area contributed by atoms with E-state index >= 15 is 0 Å². The lowest BCUT2D eigenvalue weighted by Gasteiger charge is -2.32. The van der Waals surface area contributed by atoms with Crippen LogP contribution in [0.4, 0.5) is 4.79 Å². The number of hydrogen-bond donors (Lipinski definition) is 1. The number of aromatic nitrogens is 2. The molecule has 2 heterocycles. The molecule has 0 radical (unpaired) electrons. The number of para-hydroxylation sites is 1. The van der Waals surface area contributed by atoms with Crippen molar-refractivity contribution in [3.8, 4) is 5.69 Å². The number of nitrogens with zero attached hydrogens (tertiary/aromatic N) is 3. The van der Waals surface area contributed by atoms with Crippen molar-refractivity contribution in [1.29, 1.82) is 0 Å². The molecule has 3 rings (SSSR count). The molecule has 2 aromatic rings. The highest BCUT2D eigenvalue weighted by Gasteiger charge is 2.24. The summed E-state index contributed by atoms with van der Waals surface area (Å²) < 4.78 is 12.9. The zero-order valence-corrected chi connectivity index (χ0v) is 15.4. The molecule has 0 saturated carbocycles. The van der Waals surface area contributed by atoms with Gasteiger partial charge in [0, 0.05) is 25.9 Å². The van der Waals surface area contributed by atoms with E-state index in [1.165, 1.54) is 0 Å². The van der Waals surface area contributed by atoms with E-state index in [1.54, 1.807) is 4.90 Å². The van der Waals surface area contributed by atoms with E-state index in [2.05, 4.69) is 10.4 Å². The average molecular weight is 358 g/mol. The van der Waals surface area contributed by atoms with Crippen LogP contribution in [0.2, 0.25) is 0 Å². The SMILES string of the molecule is CCOCC1CN(C(=O)NCc2ccccc2-n2ccc(C)n2)CCO1. The van der Waals surface area contributed by atoms with Gasteiger partial charge in [-0.15, -0.1) is 0 Å². The van der Waals surface area contributed by atoms with E-state index in [-0.39, 0.29) is 12.1 Å². The summed E-state index contributed by atoms with van der Waals surface area (Å²) in [6.07, 6.45) is 1.87. The smallest absolute Gasteiger partial charge is 0.317 e. The number of benzene rings is 1. The molecule has 1 aliphatic rings. The molecule has 0 aliphatic carbocycles. The second-order valence-corrected chi connectivity index (χ2v) is 6.29. The Labute approximate surface area is 153 Å². The molecular weight excluding hydrogens is 332 g/mol. The molecule has 1 atom stereocenters. The summed E-state index contributed by atoms with van der Waals surface area (Å²) in [5, 5.41) is 7.47. The number of carbonyl (C=O) groups excluding carboxylic acids is 1. The maximum absolute atomic E-state index is 12.5. The lowest BCUT2D eigenvalue weighted by molar-refractivity contribution is -0.0566. The number of rotatable bonds is 6. The van der Waals surface area contributed by atoms with Gasteiger partial charge >= 0.3 is 6.03 Å². The summed E-state index contributed by atoms with van der Waals surface area (Å²) in [7, 11) is 0. The Morgan fingerprint density at radius 1 is 1.38 bits per heavy atom. The molecule has 1 fully saturated rings. The Hall–Kier alpha value is -2.38. The Morgan fingerprint density at radius 2 is 2.23 bits per heavy atom. The average Bonchev–Trinajstić information content (AvgIpc) is 3.11. The van der Waals surface area contributed by atoms with Gasteiger partial charge in [0.2, 0.25) is 0 Å². The number of amides is 2. The quantitative estimate of drug-likeness (QED) is 0.859. The molecule has 0 spiro atoms. The van der Waals surface area contributed by atoms with E-state index in [1.807, 2.05) is 55.1 Å². The molecule has 7 heteroatoms. The van der Waals surface area contributed by atoms with Crippen molar-refractivity contribution in [2.75, 3.05) is 32.9 Å². The van der Waals surface area contributed by atoms with Crippen molar-refractivity contribution < 1.29 is 14.3 Å². The van der Waals surface area contributed by atoms with Gasteiger partial charge in [0.15, 0.2) is 0 Å². The Balaban J connectivity index is 1.60. The largest absolute Gasteiger partial charge is 0.379 e. The van der Waals surface area contributed by atoms with Gasteiger partial charge < -0.3 is 19.7 Å². The molecule has 26 heavy (non-hydrogen) atoms. The third-order valence-electron chi connectivity index (χ3n) is 4.32. The van der Waals surface area contributed by atoms with Gasteiger partial charge in [-0.3, -0.25) is 0 Å². The van der Waals surface area contributed by atoms with Crippen LogP contribution >= 0.6 is 0 Å². The fourth-order valence-corrected chi connectivity index (χ4v) is 2.97. The van der Waals surface area contributed by atoms with Crippen LogP contribution < -0.4 is 5.32 Å². The molecule has 1 unspecified atom stereocenters. The number of urea groups is 1. The first-order chi connectivity index (χ1) is 12.7. The van der Waals surface area contributed by atoms with Crippen molar-refractivity contribution in [2.45, 2.75) is 26.5 Å². The second-order valence-electron chi connectivity index (χ2n) is 6.29. The van der Waals surface area contributed by atoms with E-state index in [4.69, 9.17) is 9.47 Å². The van der Waals surface area contributed by atoms with Crippen LogP contribution in [0.3, 0.4) is 0 Å².